The van der Waals surface area contributed by atoms with Crippen molar-refractivity contribution in [1.82, 2.24) is 0 Å². The average molecular weight is 448 g/mol. The van der Waals surface area contributed by atoms with Crippen molar-refractivity contribution < 1.29 is 28.9 Å². The van der Waals surface area contributed by atoms with Crippen molar-refractivity contribution in [2.75, 3.05) is 13.7 Å². The molecule has 0 bridgehead atoms. The monoisotopic (exact) mass is 447 g/mol. The van der Waals surface area contributed by atoms with Gasteiger partial charge in [-0.3, -0.25) is 9.79 Å². The Morgan fingerprint density at radius 3 is 2.66 bits per heavy atom. The molecule has 4 aliphatic carbocycles. The molecule has 5 rings (SSSR count). The second-order valence-electron chi connectivity index (χ2n) is 11.2. The van der Waals surface area contributed by atoms with Gasteiger partial charge in [0.05, 0.1) is 17.9 Å². The second-order valence-corrected chi connectivity index (χ2v) is 11.2. The van der Waals surface area contributed by atoms with Gasteiger partial charge >= 0.3 is 0 Å². The topological polar surface area (TPSA) is 88.4 Å². The van der Waals surface area contributed by atoms with Gasteiger partial charge < -0.3 is 19.7 Å². The van der Waals surface area contributed by atoms with Crippen LogP contribution in [0.1, 0.15) is 53.4 Å². The van der Waals surface area contributed by atoms with E-state index in [-0.39, 0.29) is 12.3 Å². The average Bonchev–Trinajstić information content (AvgIpc) is 3.14. The van der Waals surface area contributed by atoms with E-state index in [0.29, 0.717) is 19.3 Å². The zero-order valence-corrected chi connectivity index (χ0v) is 19.5. The standard InChI is InChI=1S/C25H34FNO5/c1-21(2)31-20-11-17-16-7-6-14-10-15(27-5)8-9-22(14,3)24(16,26)18(29)12-23(17,4)25(20,32-21)19(30)13-28/h8-10,16-18,20,28-29H,6-7,11-13H2,1-5H3/b27-15+/t16-,17-,18-,20+,22-,23-,24-,25+/m0/s1. The van der Waals surface area contributed by atoms with Crippen molar-refractivity contribution in [1.29, 1.82) is 0 Å². The van der Waals surface area contributed by atoms with Crippen molar-refractivity contribution in [3.05, 3.63) is 23.8 Å². The molecule has 1 aliphatic heterocycles. The summed E-state index contributed by atoms with van der Waals surface area (Å²) in [4.78, 5) is 17.5. The number of aliphatic imine (C=N–C) groups is 1. The molecule has 7 heteroatoms. The molecule has 5 aliphatic rings. The van der Waals surface area contributed by atoms with Crippen LogP contribution in [-0.4, -0.2) is 64.6 Å². The van der Waals surface area contributed by atoms with Gasteiger partial charge in [-0.05, 0) is 64.5 Å². The highest BCUT2D eigenvalue weighted by molar-refractivity contribution is 6.05. The number of aliphatic hydroxyl groups excluding tert-OH is 2. The number of fused-ring (bicyclic) bond motifs is 7. The number of Topliss-reactive ketones (excluding diaryl/α,β-unsaturated/α-hetero) is 1. The number of hydrogen-bond acceptors (Lipinski definition) is 6. The molecule has 6 nitrogen and oxygen atoms in total. The predicted octanol–water partition coefficient (Wildman–Crippen LogP) is 2.92. The van der Waals surface area contributed by atoms with Gasteiger partial charge in [-0.25, -0.2) is 4.39 Å². The van der Waals surface area contributed by atoms with Gasteiger partial charge in [0.2, 0.25) is 0 Å². The number of alkyl halides is 1. The molecule has 0 amide bonds. The van der Waals surface area contributed by atoms with E-state index in [9.17, 15) is 15.0 Å². The zero-order chi connectivity index (χ0) is 23.3. The molecule has 0 aromatic carbocycles. The molecular formula is C25H34FNO5. The Labute approximate surface area is 188 Å². The minimum Gasteiger partial charge on any atom is -0.390 e. The van der Waals surface area contributed by atoms with E-state index in [1.165, 1.54) is 0 Å². The van der Waals surface area contributed by atoms with Crippen LogP contribution in [0.25, 0.3) is 0 Å². The first-order valence-electron chi connectivity index (χ1n) is 11.7. The maximum absolute atomic E-state index is 17.3. The van der Waals surface area contributed by atoms with E-state index in [1.807, 2.05) is 32.1 Å². The molecule has 0 unspecified atom stereocenters. The Morgan fingerprint density at radius 2 is 2.00 bits per heavy atom. The van der Waals surface area contributed by atoms with Crippen LogP contribution in [-0.2, 0) is 14.3 Å². The maximum atomic E-state index is 17.3. The molecule has 3 saturated carbocycles. The number of allylic oxidation sites excluding steroid dienone is 4. The fraction of sp³-hybridized carbons (Fsp3) is 0.760. The second kappa shape index (κ2) is 6.59. The van der Waals surface area contributed by atoms with Gasteiger partial charge in [-0.15, -0.1) is 0 Å². The first-order valence-corrected chi connectivity index (χ1v) is 11.7. The molecule has 2 N–H and O–H groups in total. The number of halogens is 1. The summed E-state index contributed by atoms with van der Waals surface area (Å²) >= 11 is 0. The van der Waals surface area contributed by atoms with Crippen LogP contribution in [0.15, 0.2) is 28.8 Å². The molecule has 8 atom stereocenters. The number of rotatable bonds is 2. The highest BCUT2D eigenvalue weighted by atomic mass is 19.1. The predicted molar refractivity (Wildman–Crippen MR) is 117 cm³/mol. The lowest BCUT2D eigenvalue weighted by molar-refractivity contribution is -0.246. The van der Waals surface area contributed by atoms with Crippen LogP contribution in [0.2, 0.25) is 0 Å². The van der Waals surface area contributed by atoms with Crippen LogP contribution in [0.3, 0.4) is 0 Å². The summed E-state index contributed by atoms with van der Waals surface area (Å²) in [5.74, 6) is -2.12. The third-order valence-electron chi connectivity index (χ3n) is 9.46. The zero-order valence-electron chi connectivity index (χ0n) is 19.5. The summed E-state index contributed by atoms with van der Waals surface area (Å²) in [6.07, 6.45) is 5.59. The highest BCUT2D eigenvalue weighted by Crippen LogP contribution is 2.72. The number of aliphatic hydroxyl groups is 2. The van der Waals surface area contributed by atoms with E-state index in [0.717, 1.165) is 11.3 Å². The first kappa shape index (κ1) is 22.4. The lowest BCUT2D eigenvalue weighted by Gasteiger charge is -2.62. The fourth-order valence-electron chi connectivity index (χ4n) is 8.08. The smallest absolute Gasteiger partial charge is 0.193 e. The molecule has 0 aromatic rings. The number of carbonyl (C=O) groups excluding carboxylic acids is 1. The molecule has 0 radical (unpaired) electrons. The van der Waals surface area contributed by atoms with Crippen LogP contribution >= 0.6 is 0 Å². The minimum atomic E-state index is -1.88. The molecule has 0 aromatic heterocycles. The molecule has 176 valence electrons. The van der Waals surface area contributed by atoms with Gasteiger partial charge in [-0.1, -0.05) is 18.6 Å². The number of hydrogen-bond donors (Lipinski definition) is 2. The lowest BCUT2D eigenvalue weighted by atomic mass is 9.44. The SMILES string of the molecule is C/N=C1\C=C[C@@]2(C)C(=C1)CC[C@H]1[C@@H]3C[C@H]4OC(C)(C)O[C@@]4(C(=O)CO)[C@@]3(C)C[C@H](O)[C@@]12F. The summed E-state index contributed by atoms with van der Waals surface area (Å²) in [5.41, 5.74) is -3.31. The minimum absolute atomic E-state index is 0.0672. The molecule has 1 saturated heterocycles. The van der Waals surface area contributed by atoms with Crippen LogP contribution in [0.5, 0.6) is 0 Å². The van der Waals surface area contributed by atoms with E-state index >= 15 is 4.39 Å². The fourth-order valence-corrected chi connectivity index (χ4v) is 8.08. The van der Waals surface area contributed by atoms with Crippen LogP contribution in [0, 0.1) is 22.7 Å². The van der Waals surface area contributed by atoms with Crippen molar-refractivity contribution >= 4 is 11.5 Å². The number of ether oxygens (including phenoxy) is 2. The van der Waals surface area contributed by atoms with Gasteiger partial charge in [0.25, 0.3) is 0 Å². The first-order chi connectivity index (χ1) is 14.9. The lowest BCUT2D eigenvalue weighted by Crippen LogP contribution is -2.70. The summed E-state index contributed by atoms with van der Waals surface area (Å²) in [7, 11) is 1.72. The Bertz CT molecular complexity index is 958. The third-order valence-corrected chi connectivity index (χ3v) is 9.46. The van der Waals surface area contributed by atoms with Gasteiger partial charge in [0.15, 0.2) is 22.8 Å². The van der Waals surface area contributed by atoms with E-state index in [1.54, 1.807) is 20.9 Å². The number of carbonyl (C=O) groups is 1. The quantitative estimate of drug-likeness (QED) is 0.680. The maximum Gasteiger partial charge on any atom is 0.193 e. The normalized spacial score (nSPS) is 52.1. The highest BCUT2D eigenvalue weighted by Gasteiger charge is 2.79. The molecule has 1 heterocycles. The summed E-state index contributed by atoms with van der Waals surface area (Å²) in [6.45, 7) is 6.64. The summed E-state index contributed by atoms with van der Waals surface area (Å²) in [5, 5.41) is 21.3. The van der Waals surface area contributed by atoms with E-state index < -0.39 is 58.4 Å². The van der Waals surface area contributed by atoms with E-state index in [4.69, 9.17) is 9.47 Å². The molecular weight excluding hydrogens is 413 g/mol. The Kier molecular flexibility index (Phi) is 4.61. The van der Waals surface area contributed by atoms with Crippen molar-refractivity contribution in [3.63, 3.8) is 0 Å². The van der Waals surface area contributed by atoms with Gasteiger partial charge in [-0.2, -0.15) is 0 Å². The van der Waals surface area contributed by atoms with Crippen LogP contribution < -0.4 is 0 Å². The van der Waals surface area contributed by atoms with Gasteiger partial charge in [0, 0.05) is 23.8 Å². The summed E-state index contributed by atoms with van der Waals surface area (Å²) in [6, 6.07) is 0. The third kappa shape index (κ3) is 2.38. The number of nitrogens with zero attached hydrogens (tertiary/aromatic N) is 1. The molecule has 32 heavy (non-hydrogen) atoms. The van der Waals surface area contributed by atoms with Crippen molar-refractivity contribution in [3.8, 4) is 0 Å². The molecule has 4 fully saturated rings. The summed E-state index contributed by atoms with van der Waals surface area (Å²) < 4.78 is 29.8. The largest absolute Gasteiger partial charge is 0.390 e. The molecule has 0 spiro atoms. The van der Waals surface area contributed by atoms with E-state index in [2.05, 4.69) is 4.99 Å². The van der Waals surface area contributed by atoms with Gasteiger partial charge in [0.1, 0.15) is 6.61 Å². The van der Waals surface area contributed by atoms with Crippen molar-refractivity contribution in [2.24, 2.45) is 27.7 Å². The van der Waals surface area contributed by atoms with Crippen LogP contribution in [0.4, 0.5) is 4.39 Å². The van der Waals surface area contributed by atoms with Crippen molar-refractivity contribution in [2.45, 2.75) is 82.6 Å². The Balaban J connectivity index is 1.62. The Morgan fingerprint density at radius 1 is 1.28 bits per heavy atom. The number of ketones is 1. The Hall–Kier alpha value is -1.41.